The molecule has 3 aromatic heterocycles. The molecule has 0 spiro atoms. The first-order valence-electron chi connectivity index (χ1n) is 9.26. The molecule has 1 amide bonds. The van der Waals surface area contributed by atoms with Crippen molar-refractivity contribution in [1.82, 2.24) is 18.6 Å². The fourth-order valence-electron chi connectivity index (χ4n) is 3.52. The standard InChI is InChI=1S/C19H18ClF3N4O3S/c1-31-27(3-4-28)13-8-25(9-13)18(29)15-16(20)26-7-12(11-2-5-30-10-11)6-14(17(26)24-15)19(21,22)23/h2,5-7,10,13,28H,3-4,8-9H2,1H3. The maximum absolute atomic E-state index is 13.7. The largest absolute Gasteiger partial charge is 0.472 e. The number of halogens is 4. The molecular weight excluding hydrogens is 457 g/mol. The van der Waals surface area contributed by atoms with Crippen LogP contribution in [-0.4, -0.2) is 68.1 Å². The predicted molar refractivity (Wildman–Crippen MR) is 110 cm³/mol. The Morgan fingerprint density at radius 3 is 2.74 bits per heavy atom. The first-order chi connectivity index (χ1) is 14.7. The van der Waals surface area contributed by atoms with Gasteiger partial charge in [-0.3, -0.25) is 9.20 Å². The molecule has 1 fully saturated rings. The van der Waals surface area contributed by atoms with E-state index in [1.165, 1.54) is 41.6 Å². The fraction of sp³-hybridized carbons (Fsp3) is 0.368. The summed E-state index contributed by atoms with van der Waals surface area (Å²) in [5.41, 5.74) is -0.985. The van der Waals surface area contributed by atoms with Gasteiger partial charge in [0, 0.05) is 37.0 Å². The molecule has 1 saturated heterocycles. The highest BCUT2D eigenvalue weighted by Crippen LogP contribution is 2.37. The molecule has 31 heavy (non-hydrogen) atoms. The number of aliphatic hydroxyl groups is 1. The third-order valence-corrected chi connectivity index (χ3v) is 6.45. The SMILES string of the molecule is CSN(CCO)C1CN(C(=O)c2nc3c(C(F)(F)F)cc(-c4ccoc4)cn3c2Cl)C1. The summed E-state index contributed by atoms with van der Waals surface area (Å²) in [4.78, 5) is 18.3. The zero-order valence-corrected chi connectivity index (χ0v) is 17.8. The summed E-state index contributed by atoms with van der Waals surface area (Å²) in [5, 5.41) is 8.94. The van der Waals surface area contributed by atoms with E-state index in [1.54, 1.807) is 0 Å². The summed E-state index contributed by atoms with van der Waals surface area (Å²) < 4.78 is 49.2. The molecule has 0 aromatic carbocycles. The van der Waals surface area contributed by atoms with Gasteiger partial charge in [-0.15, -0.1) is 0 Å². The zero-order valence-electron chi connectivity index (χ0n) is 16.3. The van der Waals surface area contributed by atoms with Gasteiger partial charge in [0.05, 0.1) is 30.7 Å². The number of nitrogens with zero attached hydrogens (tertiary/aromatic N) is 4. The lowest BCUT2D eigenvalue weighted by Gasteiger charge is -2.44. The summed E-state index contributed by atoms with van der Waals surface area (Å²) in [6, 6.07) is 2.53. The molecule has 0 bridgehead atoms. The predicted octanol–water partition coefficient (Wildman–Crippen LogP) is 3.66. The van der Waals surface area contributed by atoms with E-state index in [4.69, 9.17) is 21.1 Å². The van der Waals surface area contributed by atoms with Gasteiger partial charge in [0.2, 0.25) is 0 Å². The Bertz CT molecular complexity index is 1100. The average molecular weight is 475 g/mol. The number of alkyl halides is 3. The molecule has 0 aliphatic carbocycles. The van der Waals surface area contributed by atoms with E-state index in [0.29, 0.717) is 25.2 Å². The summed E-state index contributed by atoms with van der Waals surface area (Å²) in [7, 11) is 0. The highest BCUT2D eigenvalue weighted by Gasteiger charge is 2.39. The van der Waals surface area contributed by atoms with E-state index in [0.717, 1.165) is 10.5 Å². The average Bonchev–Trinajstić information content (AvgIpc) is 3.33. The number of fused-ring (bicyclic) bond motifs is 1. The van der Waals surface area contributed by atoms with Crippen molar-refractivity contribution < 1.29 is 27.5 Å². The van der Waals surface area contributed by atoms with Crippen LogP contribution in [0.1, 0.15) is 16.1 Å². The molecule has 166 valence electrons. The Morgan fingerprint density at radius 2 is 2.16 bits per heavy atom. The van der Waals surface area contributed by atoms with E-state index in [9.17, 15) is 18.0 Å². The summed E-state index contributed by atoms with van der Waals surface area (Å²) in [5.74, 6) is -0.534. The molecular formula is C19H18ClF3N4O3S. The molecule has 1 N–H and O–H groups in total. The highest BCUT2D eigenvalue weighted by atomic mass is 35.5. The van der Waals surface area contributed by atoms with Crippen molar-refractivity contribution in [3.05, 3.63) is 47.3 Å². The lowest BCUT2D eigenvalue weighted by Crippen LogP contribution is -2.59. The maximum Gasteiger partial charge on any atom is 0.420 e. The normalized spacial score (nSPS) is 15.1. The Labute approximate surface area is 184 Å². The number of furan rings is 1. The summed E-state index contributed by atoms with van der Waals surface area (Å²) >= 11 is 7.78. The Hall–Kier alpha value is -2.21. The van der Waals surface area contributed by atoms with Gasteiger partial charge in [-0.25, -0.2) is 9.29 Å². The van der Waals surface area contributed by atoms with E-state index >= 15 is 0 Å². The van der Waals surface area contributed by atoms with Gasteiger partial charge in [0.1, 0.15) is 5.15 Å². The van der Waals surface area contributed by atoms with Gasteiger partial charge in [0.25, 0.3) is 5.91 Å². The summed E-state index contributed by atoms with van der Waals surface area (Å²) in [6.45, 7) is 1.18. The molecule has 4 heterocycles. The first-order valence-corrected chi connectivity index (χ1v) is 10.8. The number of imidazole rings is 1. The number of carbonyl (C=O) groups is 1. The van der Waals surface area contributed by atoms with Crippen LogP contribution >= 0.6 is 23.5 Å². The zero-order chi connectivity index (χ0) is 22.3. The Kier molecular flexibility index (Phi) is 5.95. The van der Waals surface area contributed by atoms with Crippen molar-refractivity contribution in [2.75, 3.05) is 32.5 Å². The molecule has 1 aliphatic rings. The highest BCUT2D eigenvalue weighted by molar-refractivity contribution is 7.96. The number of amides is 1. The number of hydrogen-bond donors (Lipinski definition) is 1. The van der Waals surface area contributed by atoms with Crippen molar-refractivity contribution in [2.24, 2.45) is 0 Å². The molecule has 0 unspecified atom stereocenters. The number of carbonyl (C=O) groups excluding carboxylic acids is 1. The van der Waals surface area contributed by atoms with Crippen LogP contribution in [0, 0.1) is 0 Å². The van der Waals surface area contributed by atoms with Crippen molar-refractivity contribution in [2.45, 2.75) is 12.2 Å². The second-order valence-electron chi connectivity index (χ2n) is 7.01. The van der Waals surface area contributed by atoms with Crippen LogP contribution in [-0.2, 0) is 6.18 Å². The van der Waals surface area contributed by atoms with Crippen molar-refractivity contribution in [1.29, 1.82) is 0 Å². The molecule has 12 heteroatoms. The molecule has 0 radical (unpaired) electrons. The Morgan fingerprint density at radius 1 is 1.42 bits per heavy atom. The number of pyridine rings is 1. The number of aliphatic hydroxyl groups excluding tert-OH is 1. The molecule has 7 nitrogen and oxygen atoms in total. The summed E-state index contributed by atoms with van der Waals surface area (Å²) in [6.07, 6.45) is 1.25. The van der Waals surface area contributed by atoms with Crippen LogP contribution in [0.5, 0.6) is 0 Å². The molecule has 3 aromatic rings. The van der Waals surface area contributed by atoms with E-state index in [2.05, 4.69) is 4.98 Å². The lowest BCUT2D eigenvalue weighted by molar-refractivity contribution is -0.136. The minimum atomic E-state index is -4.69. The van der Waals surface area contributed by atoms with Crippen LogP contribution in [0.4, 0.5) is 13.2 Å². The van der Waals surface area contributed by atoms with Gasteiger partial charge in [-0.1, -0.05) is 23.5 Å². The quantitative estimate of drug-likeness (QED) is 0.550. The second kappa shape index (κ2) is 8.38. The van der Waals surface area contributed by atoms with Gasteiger partial charge < -0.3 is 14.4 Å². The van der Waals surface area contributed by atoms with Crippen LogP contribution in [0.2, 0.25) is 5.15 Å². The number of likely N-dealkylation sites (tertiary alicyclic amines) is 1. The number of aromatic nitrogens is 2. The molecule has 1 aliphatic heterocycles. The van der Waals surface area contributed by atoms with Crippen LogP contribution < -0.4 is 0 Å². The van der Waals surface area contributed by atoms with Gasteiger partial charge in [0.15, 0.2) is 11.3 Å². The molecule has 0 saturated carbocycles. The minimum absolute atomic E-state index is 0.0111. The van der Waals surface area contributed by atoms with Gasteiger partial charge >= 0.3 is 6.18 Å². The second-order valence-corrected chi connectivity index (χ2v) is 8.20. The van der Waals surface area contributed by atoms with E-state index in [-0.39, 0.29) is 29.1 Å². The lowest BCUT2D eigenvalue weighted by atomic mass is 10.1. The van der Waals surface area contributed by atoms with Crippen molar-refractivity contribution in [3.8, 4) is 11.1 Å². The topological polar surface area (TPSA) is 74.2 Å². The Balaban J connectivity index is 1.69. The van der Waals surface area contributed by atoms with Gasteiger partial charge in [-0.2, -0.15) is 13.2 Å². The smallest absolute Gasteiger partial charge is 0.420 e. The minimum Gasteiger partial charge on any atom is -0.472 e. The molecule has 4 rings (SSSR count). The first kappa shape index (κ1) is 22.0. The monoisotopic (exact) mass is 474 g/mol. The van der Waals surface area contributed by atoms with E-state index < -0.39 is 23.3 Å². The fourth-order valence-corrected chi connectivity index (χ4v) is 4.47. The maximum atomic E-state index is 13.7. The molecule has 0 atom stereocenters. The third-order valence-electron chi connectivity index (χ3n) is 5.14. The van der Waals surface area contributed by atoms with Crippen LogP contribution in [0.15, 0.2) is 35.3 Å². The number of rotatable bonds is 6. The van der Waals surface area contributed by atoms with Crippen LogP contribution in [0.25, 0.3) is 16.8 Å². The van der Waals surface area contributed by atoms with Gasteiger partial charge in [-0.05, 0) is 18.4 Å². The van der Waals surface area contributed by atoms with Crippen molar-refractivity contribution >= 4 is 35.1 Å². The number of hydrogen-bond acceptors (Lipinski definition) is 6. The van der Waals surface area contributed by atoms with Crippen molar-refractivity contribution in [3.63, 3.8) is 0 Å². The van der Waals surface area contributed by atoms with Crippen LogP contribution in [0.3, 0.4) is 0 Å². The third kappa shape index (κ3) is 4.02. The van der Waals surface area contributed by atoms with E-state index in [1.807, 2.05) is 10.6 Å².